The van der Waals surface area contributed by atoms with Crippen LogP contribution in [-0.4, -0.2) is 25.5 Å². The first-order chi connectivity index (χ1) is 6.45. The summed E-state index contributed by atoms with van der Waals surface area (Å²) in [5.41, 5.74) is 0.259. The van der Waals surface area contributed by atoms with Crippen molar-refractivity contribution >= 4 is 18.3 Å². The van der Waals surface area contributed by atoms with Crippen LogP contribution in [0.3, 0.4) is 0 Å². The molecule has 0 aromatic rings. The monoisotopic (exact) mass is 232 g/mol. The Balaban J connectivity index is 0. The lowest BCUT2D eigenvalue weighted by Gasteiger charge is -2.18. The highest BCUT2D eigenvalue weighted by molar-refractivity contribution is 5.85. The molecule has 2 N–H and O–H groups in total. The van der Waals surface area contributed by atoms with Gasteiger partial charge in [0.15, 0.2) is 0 Å². The fourth-order valence-corrected chi connectivity index (χ4v) is 0.903. The Labute approximate surface area is 98.8 Å². The van der Waals surface area contributed by atoms with Gasteiger partial charge in [0.2, 0.25) is 5.91 Å². The van der Waals surface area contributed by atoms with Gasteiger partial charge in [0.25, 0.3) is 0 Å². The molecule has 15 heavy (non-hydrogen) atoms. The standard InChI is InChI=1S/C11H20N2O.ClH/c1-5-7-13-10(14)6-8-12-9-11(2,3)4;/h1,12H,6-9H2,2-4H3,(H,13,14);1H. The summed E-state index contributed by atoms with van der Waals surface area (Å²) in [5.74, 6) is 2.36. The fourth-order valence-electron chi connectivity index (χ4n) is 0.903. The molecular formula is C11H21ClN2O. The summed E-state index contributed by atoms with van der Waals surface area (Å²) in [6.07, 6.45) is 5.49. The number of hydrogen-bond acceptors (Lipinski definition) is 2. The highest BCUT2D eigenvalue weighted by Crippen LogP contribution is 2.09. The van der Waals surface area contributed by atoms with Crippen molar-refractivity contribution in [2.45, 2.75) is 27.2 Å². The van der Waals surface area contributed by atoms with Crippen molar-refractivity contribution in [1.29, 1.82) is 0 Å². The lowest BCUT2D eigenvalue weighted by molar-refractivity contribution is -0.120. The molecule has 3 nitrogen and oxygen atoms in total. The number of amides is 1. The lowest BCUT2D eigenvalue weighted by atomic mass is 9.97. The quantitative estimate of drug-likeness (QED) is 0.552. The normalized spacial score (nSPS) is 10.0. The second-order valence-corrected chi connectivity index (χ2v) is 4.47. The molecule has 0 saturated carbocycles. The van der Waals surface area contributed by atoms with Gasteiger partial charge in [0, 0.05) is 19.5 Å². The first kappa shape index (κ1) is 16.7. The van der Waals surface area contributed by atoms with E-state index in [1.807, 2.05) is 0 Å². The number of terminal acetylenes is 1. The number of carbonyl (C=O) groups excluding carboxylic acids is 1. The summed E-state index contributed by atoms with van der Waals surface area (Å²) < 4.78 is 0. The van der Waals surface area contributed by atoms with Crippen molar-refractivity contribution in [3.05, 3.63) is 0 Å². The molecule has 0 aliphatic carbocycles. The average Bonchev–Trinajstić information content (AvgIpc) is 2.07. The van der Waals surface area contributed by atoms with Crippen LogP contribution in [0.15, 0.2) is 0 Å². The zero-order valence-electron chi connectivity index (χ0n) is 9.72. The van der Waals surface area contributed by atoms with Crippen LogP contribution in [-0.2, 0) is 4.79 Å². The SMILES string of the molecule is C#CCNC(=O)CCNCC(C)(C)C.Cl. The molecule has 0 atom stereocenters. The molecule has 0 radical (unpaired) electrons. The van der Waals surface area contributed by atoms with Crippen LogP contribution in [0.2, 0.25) is 0 Å². The third kappa shape index (κ3) is 13.3. The van der Waals surface area contributed by atoms with Gasteiger partial charge >= 0.3 is 0 Å². The molecule has 0 aliphatic rings. The van der Waals surface area contributed by atoms with Crippen molar-refractivity contribution in [3.63, 3.8) is 0 Å². The lowest BCUT2D eigenvalue weighted by Crippen LogP contribution is -2.31. The third-order valence-corrected chi connectivity index (χ3v) is 1.57. The Kier molecular flexibility index (Phi) is 9.55. The van der Waals surface area contributed by atoms with Crippen molar-refractivity contribution in [2.24, 2.45) is 5.41 Å². The van der Waals surface area contributed by atoms with E-state index < -0.39 is 0 Å². The first-order valence-corrected chi connectivity index (χ1v) is 4.86. The molecule has 0 saturated heterocycles. The van der Waals surface area contributed by atoms with Gasteiger partial charge in [-0.3, -0.25) is 4.79 Å². The minimum atomic E-state index is 0. The van der Waals surface area contributed by atoms with E-state index in [9.17, 15) is 4.79 Å². The smallest absolute Gasteiger partial charge is 0.222 e. The predicted octanol–water partition coefficient (Wildman–Crippen LogP) is 1.18. The molecule has 0 bridgehead atoms. The van der Waals surface area contributed by atoms with Gasteiger partial charge in [-0.1, -0.05) is 26.7 Å². The molecule has 0 aromatic heterocycles. The minimum absolute atomic E-state index is 0. The number of rotatable bonds is 5. The minimum Gasteiger partial charge on any atom is -0.345 e. The van der Waals surface area contributed by atoms with E-state index in [0.717, 1.165) is 6.54 Å². The van der Waals surface area contributed by atoms with Gasteiger partial charge in [-0.15, -0.1) is 18.8 Å². The zero-order chi connectivity index (χ0) is 11.0. The van der Waals surface area contributed by atoms with Gasteiger partial charge in [0.05, 0.1) is 6.54 Å². The van der Waals surface area contributed by atoms with E-state index in [1.165, 1.54) is 0 Å². The van der Waals surface area contributed by atoms with Crippen molar-refractivity contribution in [2.75, 3.05) is 19.6 Å². The molecule has 0 aliphatic heterocycles. The fraction of sp³-hybridized carbons (Fsp3) is 0.727. The number of carbonyl (C=O) groups is 1. The average molecular weight is 233 g/mol. The van der Waals surface area contributed by atoms with E-state index in [4.69, 9.17) is 6.42 Å². The number of hydrogen-bond donors (Lipinski definition) is 2. The molecule has 1 amide bonds. The summed E-state index contributed by atoms with van der Waals surface area (Å²) >= 11 is 0. The molecule has 4 heteroatoms. The Morgan fingerprint density at radius 1 is 1.40 bits per heavy atom. The van der Waals surface area contributed by atoms with Crippen LogP contribution in [0, 0.1) is 17.8 Å². The van der Waals surface area contributed by atoms with E-state index in [0.29, 0.717) is 19.5 Å². The molecule has 0 spiro atoms. The van der Waals surface area contributed by atoms with Crippen LogP contribution >= 0.6 is 12.4 Å². The summed E-state index contributed by atoms with van der Waals surface area (Å²) in [5, 5.41) is 5.84. The highest BCUT2D eigenvalue weighted by Gasteiger charge is 2.08. The van der Waals surface area contributed by atoms with Gasteiger partial charge in [0.1, 0.15) is 0 Å². The van der Waals surface area contributed by atoms with Crippen molar-refractivity contribution < 1.29 is 4.79 Å². The van der Waals surface area contributed by atoms with Crippen molar-refractivity contribution in [1.82, 2.24) is 10.6 Å². The van der Waals surface area contributed by atoms with E-state index in [2.05, 4.69) is 37.3 Å². The molecule has 0 fully saturated rings. The second kappa shape index (κ2) is 8.58. The number of halogens is 1. The predicted molar refractivity (Wildman–Crippen MR) is 66.0 cm³/mol. The largest absolute Gasteiger partial charge is 0.345 e. The Hall–Kier alpha value is -0.720. The van der Waals surface area contributed by atoms with Gasteiger partial charge in [-0.05, 0) is 5.41 Å². The van der Waals surface area contributed by atoms with E-state index in [1.54, 1.807) is 0 Å². The maximum Gasteiger partial charge on any atom is 0.222 e. The zero-order valence-corrected chi connectivity index (χ0v) is 10.5. The highest BCUT2D eigenvalue weighted by atomic mass is 35.5. The molecule has 0 aromatic carbocycles. The Bertz CT molecular complexity index is 216. The molecular weight excluding hydrogens is 212 g/mol. The maximum absolute atomic E-state index is 11.1. The van der Waals surface area contributed by atoms with E-state index >= 15 is 0 Å². The maximum atomic E-state index is 11.1. The van der Waals surface area contributed by atoms with Crippen LogP contribution in [0.5, 0.6) is 0 Å². The summed E-state index contributed by atoms with van der Waals surface area (Å²) in [7, 11) is 0. The Morgan fingerprint density at radius 3 is 2.47 bits per heavy atom. The molecule has 0 unspecified atom stereocenters. The van der Waals surface area contributed by atoms with E-state index in [-0.39, 0.29) is 23.7 Å². The molecule has 88 valence electrons. The van der Waals surface area contributed by atoms with Crippen LogP contribution in [0.4, 0.5) is 0 Å². The Morgan fingerprint density at radius 2 is 2.00 bits per heavy atom. The summed E-state index contributed by atoms with van der Waals surface area (Å²) in [4.78, 5) is 11.1. The first-order valence-electron chi connectivity index (χ1n) is 4.86. The second-order valence-electron chi connectivity index (χ2n) is 4.47. The van der Waals surface area contributed by atoms with Gasteiger partial charge in [-0.2, -0.15) is 0 Å². The van der Waals surface area contributed by atoms with Gasteiger partial charge in [-0.25, -0.2) is 0 Å². The third-order valence-electron chi connectivity index (χ3n) is 1.57. The summed E-state index contributed by atoms with van der Waals surface area (Å²) in [6, 6.07) is 0. The van der Waals surface area contributed by atoms with Crippen LogP contribution in [0.25, 0.3) is 0 Å². The van der Waals surface area contributed by atoms with Gasteiger partial charge < -0.3 is 10.6 Å². The molecule has 0 heterocycles. The van der Waals surface area contributed by atoms with Crippen LogP contribution in [0.1, 0.15) is 27.2 Å². The summed E-state index contributed by atoms with van der Waals surface area (Å²) in [6.45, 7) is 8.39. The molecule has 0 rings (SSSR count). The van der Waals surface area contributed by atoms with Crippen molar-refractivity contribution in [3.8, 4) is 12.3 Å². The number of nitrogens with one attached hydrogen (secondary N) is 2. The van der Waals surface area contributed by atoms with Crippen LogP contribution < -0.4 is 10.6 Å². The topological polar surface area (TPSA) is 41.1 Å².